The second kappa shape index (κ2) is 17.4. The number of benzene rings is 1. The molecule has 0 aliphatic carbocycles. The molecule has 0 radical (unpaired) electrons. The number of ether oxygens (including phenoxy) is 2. The summed E-state index contributed by atoms with van der Waals surface area (Å²) in [6, 6.07) is 8.06. The molecule has 1 heterocycles. The van der Waals surface area contributed by atoms with Crippen molar-refractivity contribution in [1.82, 2.24) is 9.97 Å². The SMILES string of the molecule is CCCCCCCCCCCCOc1ccc(-c2ncc(OCCCC(C)CC)cn2)cc1. The van der Waals surface area contributed by atoms with Gasteiger partial charge in [0.25, 0.3) is 0 Å². The van der Waals surface area contributed by atoms with Crippen LogP contribution in [0.4, 0.5) is 0 Å². The van der Waals surface area contributed by atoms with Gasteiger partial charge in [0.1, 0.15) is 5.75 Å². The van der Waals surface area contributed by atoms with Crippen LogP contribution in [0.1, 0.15) is 104 Å². The third-order valence-corrected chi connectivity index (χ3v) is 6.31. The quantitative estimate of drug-likeness (QED) is 0.199. The molecule has 0 spiro atoms. The molecular weight excluding hydrogens is 408 g/mol. The van der Waals surface area contributed by atoms with Gasteiger partial charge in [-0.2, -0.15) is 0 Å². The zero-order chi connectivity index (χ0) is 23.6. The predicted molar refractivity (Wildman–Crippen MR) is 139 cm³/mol. The molecule has 4 heteroatoms. The van der Waals surface area contributed by atoms with Crippen LogP contribution in [-0.2, 0) is 0 Å². The topological polar surface area (TPSA) is 44.2 Å². The van der Waals surface area contributed by atoms with Crippen LogP contribution in [0.2, 0.25) is 0 Å². The molecule has 33 heavy (non-hydrogen) atoms. The van der Waals surface area contributed by atoms with Crippen molar-refractivity contribution >= 4 is 0 Å². The van der Waals surface area contributed by atoms with Crippen molar-refractivity contribution in [3.63, 3.8) is 0 Å². The lowest BCUT2D eigenvalue weighted by atomic mass is 10.0. The minimum Gasteiger partial charge on any atom is -0.494 e. The van der Waals surface area contributed by atoms with Crippen molar-refractivity contribution in [2.45, 2.75) is 104 Å². The number of unbranched alkanes of at least 4 members (excludes halogenated alkanes) is 9. The molecule has 0 bridgehead atoms. The molecule has 184 valence electrons. The molecule has 0 saturated heterocycles. The first-order chi connectivity index (χ1) is 16.2. The summed E-state index contributed by atoms with van der Waals surface area (Å²) in [5.74, 6) is 3.12. The van der Waals surface area contributed by atoms with E-state index < -0.39 is 0 Å². The summed E-state index contributed by atoms with van der Waals surface area (Å²) in [4.78, 5) is 8.93. The standard InChI is InChI=1S/C29H46N2O2/c1-4-6-7-8-9-10-11-12-13-14-21-32-27-19-17-26(18-20-27)29-30-23-28(24-31-29)33-22-15-16-25(3)5-2/h17-20,23-25H,4-16,21-22H2,1-3H3. The van der Waals surface area contributed by atoms with Gasteiger partial charge in [-0.3, -0.25) is 0 Å². The fraction of sp³-hybridized carbons (Fsp3) is 0.655. The zero-order valence-electron chi connectivity index (χ0n) is 21.4. The second-order valence-electron chi connectivity index (χ2n) is 9.30. The molecule has 2 rings (SSSR count). The van der Waals surface area contributed by atoms with E-state index in [4.69, 9.17) is 9.47 Å². The maximum Gasteiger partial charge on any atom is 0.159 e. The average Bonchev–Trinajstić information content (AvgIpc) is 2.86. The van der Waals surface area contributed by atoms with Crippen LogP contribution in [0.25, 0.3) is 11.4 Å². The average molecular weight is 455 g/mol. The molecule has 0 amide bonds. The third kappa shape index (κ3) is 12.1. The highest BCUT2D eigenvalue weighted by molar-refractivity contribution is 5.56. The van der Waals surface area contributed by atoms with Gasteiger partial charge in [-0.25, -0.2) is 9.97 Å². The highest BCUT2D eigenvalue weighted by atomic mass is 16.5. The molecule has 4 nitrogen and oxygen atoms in total. The lowest BCUT2D eigenvalue weighted by Crippen LogP contribution is -2.02. The molecule has 0 fully saturated rings. The second-order valence-corrected chi connectivity index (χ2v) is 9.30. The molecule has 1 unspecified atom stereocenters. The van der Waals surface area contributed by atoms with Crippen molar-refractivity contribution < 1.29 is 9.47 Å². The van der Waals surface area contributed by atoms with Crippen molar-refractivity contribution in [3.05, 3.63) is 36.7 Å². The zero-order valence-corrected chi connectivity index (χ0v) is 21.4. The fourth-order valence-corrected chi connectivity index (χ4v) is 3.85. The van der Waals surface area contributed by atoms with Crippen LogP contribution in [-0.4, -0.2) is 23.2 Å². The van der Waals surface area contributed by atoms with Gasteiger partial charge >= 0.3 is 0 Å². The van der Waals surface area contributed by atoms with Gasteiger partial charge in [-0.15, -0.1) is 0 Å². The Bertz CT molecular complexity index is 715. The summed E-state index contributed by atoms with van der Waals surface area (Å²) in [6.07, 6.45) is 20.4. The largest absolute Gasteiger partial charge is 0.494 e. The Morgan fingerprint density at radius 1 is 0.667 bits per heavy atom. The minimum absolute atomic E-state index is 0.711. The van der Waals surface area contributed by atoms with E-state index in [1.807, 2.05) is 24.3 Å². The normalized spacial score (nSPS) is 12.0. The lowest BCUT2D eigenvalue weighted by molar-refractivity contribution is 0.292. The van der Waals surface area contributed by atoms with Gasteiger partial charge in [-0.05, 0) is 49.4 Å². The Morgan fingerprint density at radius 3 is 1.82 bits per heavy atom. The highest BCUT2D eigenvalue weighted by Crippen LogP contribution is 2.21. The van der Waals surface area contributed by atoms with Crippen LogP contribution >= 0.6 is 0 Å². The maximum atomic E-state index is 5.91. The molecule has 0 aliphatic rings. The molecule has 0 aliphatic heterocycles. The fourth-order valence-electron chi connectivity index (χ4n) is 3.85. The van der Waals surface area contributed by atoms with Gasteiger partial charge in [0, 0.05) is 5.56 Å². The van der Waals surface area contributed by atoms with E-state index in [0.717, 1.165) is 49.0 Å². The number of nitrogens with zero attached hydrogens (tertiary/aromatic N) is 2. The molecule has 0 N–H and O–H groups in total. The van der Waals surface area contributed by atoms with E-state index in [2.05, 4.69) is 30.7 Å². The smallest absolute Gasteiger partial charge is 0.159 e. The first-order valence-corrected chi connectivity index (χ1v) is 13.4. The van der Waals surface area contributed by atoms with E-state index in [0.29, 0.717) is 5.82 Å². The van der Waals surface area contributed by atoms with Crippen LogP contribution in [0, 0.1) is 5.92 Å². The van der Waals surface area contributed by atoms with E-state index >= 15 is 0 Å². The summed E-state index contributed by atoms with van der Waals surface area (Å²) >= 11 is 0. The first-order valence-electron chi connectivity index (χ1n) is 13.4. The van der Waals surface area contributed by atoms with Crippen LogP contribution in [0.5, 0.6) is 11.5 Å². The Labute approximate surface area is 202 Å². The van der Waals surface area contributed by atoms with Crippen molar-refractivity contribution in [1.29, 1.82) is 0 Å². The predicted octanol–water partition coefficient (Wildman–Crippen LogP) is 8.65. The molecule has 1 aromatic carbocycles. The molecule has 1 atom stereocenters. The van der Waals surface area contributed by atoms with Gasteiger partial charge < -0.3 is 9.47 Å². The van der Waals surface area contributed by atoms with Crippen molar-refractivity contribution in [2.24, 2.45) is 5.92 Å². The van der Waals surface area contributed by atoms with Crippen LogP contribution in [0.15, 0.2) is 36.7 Å². The number of hydrogen-bond donors (Lipinski definition) is 0. The Hall–Kier alpha value is -2.10. The van der Waals surface area contributed by atoms with Crippen molar-refractivity contribution in [2.75, 3.05) is 13.2 Å². The van der Waals surface area contributed by atoms with Crippen LogP contribution in [0.3, 0.4) is 0 Å². The Kier molecular flexibility index (Phi) is 14.3. The summed E-state index contributed by atoms with van der Waals surface area (Å²) in [6.45, 7) is 8.30. The van der Waals surface area contributed by atoms with E-state index in [9.17, 15) is 0 Å². The molecule has 2 aromatic rings. The molecule has 1 aromatic heterocycles. The number of hydrogen-bond acceptors (Lipinski definition) is 4. The highest BCUT2D eigenvalue weighted by Gasteiger charge is 2.04. The monoisotopic (exact) mass is 454 g/mol. The van der Waals surface area contributed by atoms with E-state index in [1.54, 1.807) is 12.4 Å². The van der Waals surface area contributed by atoms with Gasteiger partial charge in [0.2, 0.25) is 0 Å². The third-order valence-electron chi connectivity index (χ3n) is 6.31. The maximum absolute atomic E-state index is 5.91. The van der Waals surface area contributed by atoms with Gasteiger partial charge in [-0.1, -0.05) is 85.0 Å². The summed E-state index contributed by atoms with van der Waals surface area (Å²) in [5, 5.41) is 0. The summed E-state index contributed by atoms with van der Waals surface area (Å²) in [5.41, 5.74) is 0.990. The van der Waals surface area contributed by atoms with Gasteiger partial charge in [0.05, 0.1) is 25.6 Å². The minimum atomic E-state index is 0.711. The van der Waals surface area contributed by atoms with Crippen molar-refractivity contribution in [3.8, 4) is 22.9 Å². The van der Waals surface area contributed by atoms with E-state index in [-0.39, 0.29) is 0 Å². The Balaban J connectivity index is 1.58. The van der Waals surface area contributed by atoms with Crippen LogP contribution < -0.4 is 9.47 Å². The lowest BCUT2D eigenvalue weighted by Gasteiger charge is -2.09. The van der Waals surface area contributed by atoms with Gasteiger partial charge in [0.15, 0.2) is 11.6 Å². The van der Waals surface area contributed by atoms with E-state index in [1.165, 1.54) is 70.6 Å². The molecular formula is C29H46N2O2. The first kappa shape index (κ1) is 27.1. The summed E-state index contributed by atoms with van der Waals surface area (Å²) in [7, 11) is 0. The number of aromatic nitrogens is 2. The summed E-state index contributed by atoms with van der Waals surface area (Å²) < 4.78 is 11.7. The molecule has 0 saturated carbocycles. The Morgan fingerprint density at radius 2 is 1.21 bits per heavy atom. The number of rotatable bonds is 19.